The summed E-state index contributed by atoms with van der Waals surface area (Å²) >= 11 is 12.2. The first-order chi connectivity index (χ1) is 15.0. The van der Waals surface area contributed by atoms with E-state index in [4.69, 9.17) is 23.2 Å². The summed E-state index contributed by atoms with van der Waals surface area (Å²) in [7, 11) is -2.55. The summed E-state index contributed by atoms with van der Waals surface area (Å²) in [6, 6.07) is 10.4. The second-order valence-electron chi connectivity index (χ2n) is 7.40. The SMILES string of the molecule is CCNC(=O)[C@@H](C)N(Cc1ccc(Cl)cc1Cl)C(=O)CN(C)S(=O)(=O)c1ccc(C)cc1. The van der Waals surface area contributed by atoms with Crippen molar-refractivity contribution in [1.29, 1.82) is 0 Å². The lowest BCUT2D eigenvalue weighted by atomic mass is 10.1. The molecule has 0 saturated carbocycles. The summed E-state index contributed by atoms with van der Waals surface area (Å²) < 4.78 is 26.8. The second-order valence-corrected chi connectivity index (χ2v) is 10.3. The van der Waals surface area contributed by atoms with Gasteiger partial charge in [0.2, 0.25) is 21.8 Å². The Morgan fingerprint density at radius 2 is 1.72 bits per heavy atom. The molecule has 2 aromatic rings. The average Bonchev–Trinajstić information content (AvgIpc) is 2.73. The zero-order chi connectivity index (χ0) is 24.1. The molecule has 0 aromatic heterocycles. The largest absolute Gasteiger partial charge is 0.355 e. The van der Waals surface area contributed by atoms with Gasteiger partial charge in [0.25, 0.3) is 0 Å². The van der Waals surface area contributed by atoms with Gasteiger partial charge >= 0.3 is 0 Å². The molecule has 0 spiro atoms. The first-order valence-electron chi connectivity index (χ1n) is 10.0. The zero-order valence-corrected chi connectivity index (χ0v) is 20.8. The molecular weight excluding hydrogens is 473 g/mol. The van der Waals surface area contributed by atoms with Crippen molar-refractivity contribution < 1.29 is 18.0 Å². The van der Waals surface area contributed by atoms with Crippen LogP contribution in [0.1, 0.15) is 25.0 Å². The minimum atomic E-state index is -3.89. The van der Waals surface area contributed by atoms with E-state index in [2.05, 4.69) is 5.32 Å². The van der Waals surface area contributed by atoms with Crippen molar-refractivity contribution in [3.05, 3.63) is 63.6 Å². The maximum atomic E-state index is 13.2. The highest BCUT2D eigenvalue weighted by Gasteiger charge is 2.30. The van der Waals surface area contributed by atoms with E-state index in [0.717, 1.165) is 9.87 Å². The highest BCUT2D eigenvalue weighted by Crippen LogP contribution is 2.23. The van der Waals surface area contributed by atoms with E-state index >= 15 is 0 Å². The van der Waals surface area contributed by atoms with Crippen molar-refractivity contribution in [2.45, 2.75) is 38.3 Å². The summed E-state index contributed by atoms with van der Waals surface area (Å²) in [4.78, 5) is 27.0. The number of carbonyl (C=O) groups is 2. The third kappa shape index (κ3) is 6.45. The Labute approximate surface area is 199 Å². The zero-order valence-electron chi connectivity index (χ0n) is 18.4. The van der Waals surface area contributed by atoms with Crippen molar-refractivity contribution >= 4 is 45.0 Å². The van der Waals surface area contributed by atoms with E-state index in [-0.39, 0.29) is 17.3 Å². The molecule has 174 valence electrons. The fourth-order valence-corrected chi connectivity index (χ4v) is 4.58. The molecule has 1 N–H and O–H groups in total. The molecule has 0 aliphatic rings. The Kier molecular flexibility index (Phi) is 9.09. The molecule has 0 saturated heterocycles. The lowest BCUT2D eigenvalue weighted by molar-refractivity contribution is -0.140. The Hall–Kier alpha value is -2.13. The van der Waals surface area contributed by atoms with Crippen molar-refractivity contribution in [2.24, 2.45) is 0 Å². The molecule has 2 rings (SSSR count). The molecule has 0 aliphatic carbocycles. The maximum absolute atomic E-state index is 13.2. The van der Waals surface area contributed by atoms with Crippen molar-refractivity contribution in [2.75, 3.05) is 20.1 Å². The van der Waals surface area contributed by atoms with Crippen molar-refractivity contribution in [3.63, 3.8) is 0 Å². The quantitative estimate of drug-likeness (QED) is 0.571. The van der Waals surface area contributed by atoms with Crippen LogP contribution >= 0.6 is 23.2 Å². The number of aryl methyl sites for hydroxylation is 1. The number of rotatable bonds is 9. The molecule has 32 heavy (non-hydrogen) atoms. The fraction of sp³-hybridized carbons (Fsp3) is 0.364. The monoisotopic (exact) mass is 499 g/mol. The number of hydrogen-bond acceptors (Lipinski definition) is 4. The predicted octanol–water partition coefficient (Wildman–Crippen LogP) is 3.48. The summed E-state index contributed by atoms with van der Waals surface area (Å²) in [6.07, 6.45) is 0. The number of hydrogen-bond donors (Lipinski definition) is 1. The highest BCUT2D eigenvalue weighted by molar-refractivity contribution is 7.89. The lowest BCUT2D eigenvalue weighted by Crippen LogP contribution is -2.50. The number of nitrogens with zero attached hydrogens (tertiary/aromatic N) is 2. The van der Waals surface area contributed by atoms with Gasteiger partial charge in [-0.3, -0.25) is 9.59 Å². The smallest absolute Gasteiger partial charge is 0.243 e. The van der Waals surface area contributed by atoms with Gasteiger partial charge in [-0.05, 0) is 50.6 Å². The van der Waals surface area contributed by atoms with Gasteiger partial charge in [0.05, 0.1) is 11.4 Å². The van der Waals surface area contributed by atoms with E-state index in [1.807, 2.05) is 6.92 Å². The van der Waals surface area contributed by atoms with Gasteiger partial charge in [-0.25, -0.2) is 8.42 Å². The molecule has 0 fully saturated rings. The molecule has 0 bridgehead atoms. The lowest BCUT2D eigenvalue weighted by Gasteiger charge is -2.30. The van der Waals surface area contributed by atoms with E-state index in [1.165, 1.54) is 24.1 Å². The first-order valence-corrected chi connectivity index (χ1v) is 12.2. The molecule has 1 atom stereocenters. The molecule has 2 aromatic carbocycles. The van der Waals surface area contributed by atoms with Crippen LogP contribution in [0.2, 0.25) is 10.0 Å². The normalized spacial score (nSPS) is 12.5. The minimum absolute atomic E-state index is 0.0194. The summed E-state index contributed by atoms with van der Waals surface area (Å²) in [5, 5.41) is 3.47. The van der Waals surface area contributed by atoms with Crippen molar-refractivity contribution in [3.8, 4) is 0 Å². The molecule has 0 heterocycles. The van der Waals surface area contributed by atoms with Crippen LogP contribution in [0.15, 0.2) is 47.4 Å². The minimum Gasteiger partial charge on any atom is -0.355 e. The van der Waals surface area contributed by atoms with Gasteiger partial charge in [0, 0.05) is 30.2 Å². The summed E-state index contributed by atoms with van der Waals surface area (Å²) in [5.74, 6) is -0.886. The molecule has 0 radical (unpaired) electrons. The van der Waals surface area contributed by atoms with Crippen LogP contribution in [0.4, 0.5) is 0 Å². The van der Waals surface area contributed by atoms with Crippen LogP contribution < -0.4 is 5.32 Å². The first kappa shape index (κ1) is 26.1. The van der Waals surface area contributed by atoms with Crippen LogP contribution in [0.25, 0.3) is 0 Å². The molecule has 10 heteroatoms. The van der Waals surface area contributed by atoms with Gasteiger partial charge in [0.1, 0.15) is 6.04 Å². The van der Waals surface area contributed by atoms with Crippen LogP contribution in [0.5, 0.6) is 0 Å². The third-order valence-electron chi connectivity index (χ3n) is 4.96. The summed E-state index contributed by atoms with van der Waals surface area (Å²) in [6.45, 7) is 5.19. The third-order valence-corrected chi connectivity index (χ3v) is 7.37. The van der Waals surface area contributed by atoms with Gasteiger partial charge in [0.15, 0.2) is 0 Å². The topological polar surface area (TPSA) is 86.8 Å². The Balaban J connectivity index is 2.30. The maximum Gasteiger partial charge on any atom is 0.243 e. The van der Waals surface area contributed by atoms with Gasteiger partial charge in [-0.1, -0.05) is 47.0 Å². The van der Waals surface area contributed by atoms with E-state index in [0.29, 0.717) is 22.2 Å². The van der Waals surface area contributed by atoms with Gasteiger partial charge in [-0.15, -0.1) is 0 Å². The number of sulfonamides is 1. The van der Waals surface area contributed by atoms with Gasteiger partial charge < -0.3 is 10.2 Å². The Morgan fingerprint density at radius 3 is 2.28 bits per heavy atom. The van der Waals surface area contributed by atoms with Crippen LogP contribution in [0, 0.1) is 6.92 Å². The number of likely N-dealkylation sites (N-methyl/N-ethyl adjacent to an activating group) is 2. The van der Waals surface area contributed by atoms with Crippen LogP contribution in [-0.2, 0) is 26.2 Å². The highest BCUT2D eigenvalue weighted by atomic mass is 35.5. The fourth-order valence-electron chi connectivity index (χ4n) is 2.99. The van der Waals surface area contributed by atoms with E-state index in [1.54, 1.807) is 44.2 Å². The molecule has 2 amide bonds. The van der Waals surface area contributed by atoms with Crippen LogP contribution in [0.3, 0.4) is 0 Å². The molecule has 0 aliphatic heterocycles. The number of benzene rings is 2. The number of halogens is 2. The number of carbonyl (C=O) groups excluding carboxylic acids is 2. The summed E-state index contributed by atoms with van der Waals surface area (Å²) in [5.41, 5.74) is 1.51. The Morgan fingerprint density at radius 1 is 1.09 bits per heavy atom. The predicted molar refractivity (Wildman–Crippen MR) is 126 cm³/mol. The molecular formula is C22H27Cl2N3O4S. The molecule has 0 unspecified atom stereocenters. The van der Waals surface area contributed by atoms with Crippen LogP contribution in [-0.4, -0.2) is 55.6 Å². The van der Waals surface area contributed by atoms with E-state index < -0.39 is 28.5 Å². The molecule has 7 nitrogen and oxygen atoms in total. The number of amides is 2. The Bertz CT molecular complexity index is 1080. The second kappa shape index (κ2) is 11.1. The van der Waals surface area contributed by atoms with E-state index in [9.17, 15) is 18.0 Å². The standard InChI is InChI=1S/C22H27Cl2N3O4S/c1-5-25-22(29)16(3)27(13-17-8-9-18(23)12-20(17)24)21(28)14-26(4)32(30,31)19-10-6-15(2)7-11-19/h6-12,16H,5,13-14H2,1-4H3,(H,25,29)/t16-/m1/s1. The average molecular weight is 500 g/mol. The van der Waals surface area contributed by atoms with Crippen molar-refractivity contribution in [1.82, 2.24) is 14.5 Å². The van der Waals surface area contributed by atoms with Gasteiger partial charge in [-0.2, -0.15) is 4.31 Å². The number of nitrogens with one attached hydrogen (secondary N) is 1.